The molecule has 3 saturated heterocycles. The number of piperazine rings is 1. The van der Waals surface area contributed by atoms with E-state index >= 15 is 0 Å². The number of urea groups is 1. The molecule has 0 radical (unpaired) electrons. The highest BCUT2D eigenvalue weighted by Crippen LogP contribution is 2.30. The maximum absolute atomic E-state index is 12.7. The number of carbonyl (C=O) groups excluding carboxylic acids is 1. The van der Waals surface area contributed by atoms with Gasteiger partial charge in [-0.2, -0.15) is 15.0 Å². The molecule has 0 saturated carbocycles. The zero-order chi connectivity index (χ0) is 28.3. The first-order chi connectivity index (χ1) is 19.9. The lowest BCUT2D eigenvalue weighted by atomic mass is 10.2. The minimum Gasteiger partial charge on any atom is -0.371 e. The molecule has 3 aliphatic rings. The number of nitrogens with zero attached hydrogens (tertiary/aromatic N) is 7. The highest BCUT2D eigenvalue weighted by atomic mass is 16.5. The third-order valence-corrected chi connectivity index (χ3v) is 7.60. The summed E-state index contributed by atoms with van der Waals surface area (Å²) in [6.45, 7) is 9.61. The molecule has 0 aliphatic carbocycles. The smallest absolute Gasteiger partial charge is 0.323 e. The predicted octanol–water partition coefficient (Wildman–Crippen LogP) is 3.52. The van der Waals surface area contributed by atoms with Gasteiger partial charge in [0.15, 0.2) is 5.82 Å². The first-order valence-electron chi connectivity index (χ1n) is 14.4. The van der Waals surface area contributed by atoms with Gasteiger partial charge in [0.2, 0.25) is 11.9 Å². The number of hydrogen-bond acceptors (Lipinski definition) is 10. The molecule has 3 N–H and O–H groups in total. The molecule has 2 atom stereocenters. The summed E-state index contributed by atoms with van der Waals surface area (Å²) in [6.07, 6.45) is 4.32. The van der Waals surface area contributed by atoms with E-state index in [0.29, 0.717) is 29.1 Å². The molecule has 1 aromatic carbocycles. The highest BCUT2D eigenvalue weighted by molar-refractivity contribution is 5.99. The van der Waals surface area contributed by atoms with Crippen molar-refractivity contribution in [3.05, 3.63) is 42.6 Å². The predicted molar refractivity (Wildman–Crippen MR) is 161 cm³/mol. The normalized spacial score (nSPS) is 20.8. The number of ether oxygens (including phenoxy) is 1. The Hall–Kier alpha value is -4.03. The molecule has 6 rings (SSSR count). The Labute approximate surface area is 240 Å². The van der Waals surface area contributed by atoms with Crippen molar-refractivity contribution in [1.29, 1.82) is 0 Å². The van der Waals surface area contributed by atoms with Gasteiger partial charge in [-0.15, -0.1) is 0 Å². The maximum Gasteiger partial charge on any atom is 0.323 e. The van der Waals surface area contributed by atoms with Gasteiger partial charge >= 0.3 is 6.03 Å². The number of amides is 2. The molecule has 41 heavy (non-hydrogen) atoms. The first kappa shape index (κ1) is 27.2. The van der Waals surface area contributed by atoms with Crippen molar-refractivity contribution in [3.8, 4) is 11.4 Å². The number of hydrogen-bond donors (Lipinski definition) is 3. The summed E-state index contributed by atoms with van der Waals surface area (Å²) < 4.78 is 6.00. The van der Waals surface area contributed by atoms with E-state index < -0.39 is 0 Å². The lowest BCUT2D eigenvalue weighted by Gasteiger charge is -2.33. The number of rotatable bonds is 7. The van der Waals surface area contributed by atoms with E-state index in [-0.39, 0.29) is 24.3 Å². The highest BCUT2D eigenvalue weighted by Gasteiger charge is 2.35. The van der Waals surface area contributed by atoms with E-state index in [4.69, 9.17) is 14.7 Å². The molecular formula is C29H38N10O2. The van der Waals surface area contributed by atoms with E-state index in [1.165, 1.54) is 0 Å². The van der Waals surface area contributed by atoms with E-state index in [9.17, 15) is 4.79 Å². The third kappa shape index (κ3) is 6.66. The Morgan fingerprint density at radius 2 is 1.56 bits per heavy atom. The Morgan fingerprint density at radius 3 is 2.22 bits per heavy atom. The van der Waals surface area contributed by atoms with Crippen LogP contribution in [0.1, 0.15) is 26.7 Å². The largest absolute Gasteiger partial charge is 0.371 e. The molecular weight excluding hydrogens is 520 g/mol. The van der Waals surface area contributed by atoms with Gasteiger partial charge in [0.1, 0.15) is 5.82 Å². The Balaban J connectivity index is 1.10. The van der Waals surface area contributed by atoms with Crippen LogP contribution >= 0.6 is 0 Å². The van der Waals surface area contributed by atoms with E-state index in [0.717, 1.165) is 63.5 Å². The van der Waals surface area contributed by atoms with Crippen molar-refractivity contribution in [3.63, 3.8) is 0 Å². The number of fused-ring (bicyclic) bond motifs is 2. The summed E-state index contributed by atoms with van der Waals surface area (Å²) in [5, 5.41) is 9.07. The second-order valence-corrected chi connectivity index (χ2v) is 11.3. The van der Waals surface area contributed by atoms with Crippen LogP contribution in [0.15, 0.2) is 42.6 Å². The molecule has 216 valence electrons. The number of nitrogens with one attached hydrogen (secondary N) is 3. The number of likely N-dealkylation sites (N-methyl/N-ethyl adjacent to an activating group) is 1. The second kappa shape index (κ2) is 11.8. The van der Waals surface area contributed by atoms with Gasteiger partial charge in [-0.05, 0) is 70.1 Å². The van der Waals surface area contributed by atoms with Gasteiger partial charge in [-0.1, -0.05) is 0 Å². The summed E-state index contributed by atoms with van der Waals surface area (Å²) in [7, 11) is 2.13. The van der Waals surface area contributed by atoms with Crippen molar-refractivity contribution in [2.45, 2.75) is 44.9 Å². The van der Waals surface area contributed by atoms with Gasteiger partial charge in [0.25, 0.3) is 0 Å². The molecule has 12 heteroatoms. The summed E-state index contributed by atoms with van der Waals surface area (Å²) in [6, 6.07) is 11.2. The van der Waals surface area contributed by atoms with E-state index in [2.05, 4.69) is 61.5 Å². The molecule has 12 nitrogen and oxygen atoms in total. The van der Waals surface area contributed by atoms with Crippen LogP contribution in [0.5, 0.6) is 0 Å². The zero-order valence-corrected chi connectivity index (χ0v) is 23.9. The molecule has 2 unspecified atom stereocenters. The third-order valence-electron chi connectivity index (χ3n) is 7.60. The summed E-state index contributed by atoms with van der Waals surface area (Å²) in [5.74, 6) is 2.72. The standard InChI is InChI=1S/C29H38N10O2/c1-19(2)31-27-34-26(35-28(36-27)39-17-23-9-10-24(18-39)41-23)20-4-6-21(7-5-20)32-29(40)33-22-8-11-25(30-16-22)38-14-12-37(3)13-15-38/h4-8,11,16,19,23-24H,9-10,12-15,17-18H2,1-3H3,(H2,32,33,40)(H,31,34,35,36). The minimum atomic E-state index is -0.334. The van der Waals surface area contributed by atoms with E-state index in [1.807, 2.05) is 36.4 Å². The second-order valence-electron chi connectivity index (χ2n) is 11.3. The molecule has 3 fully saturated rings. The molecule has 2 bridgehead atoms. The fourth-order valence-electron chi connectivity index (χ4n) is 5.41. The minimum absolute atomic E-state index is 0.183. The molecule has 3 aliphatic heterocycles. The SMILES string of the molecule is CC(C)Nc1nc(-c2ccc(NC(=O)Nc3ccc(N4CCN(C)CC4)nc3)cc2)nc(N2CC3CCC(C2)O3)n1. The molecule has 2 aromatic heterocycles. The monoisotopic (exact) mass is 558 g/mol. The van der Waals surface area contributed by atoms with Crippen molar-refractivity contribution in [2.75, 3.05) is 72.1 Å². The summed E-state index contributed by atoms with van der Waals surface area (Å²) in [5.41, 5.74) is 2.13. The van der Waals surface area contributed by atoms with Crippen LogP contribution in [-0.4, -0.2) is 95.4 Å². The van der Waals surface area contributed by atoms with Crippen LogP contribution in [0.4, 0.5) is 33.9 Å². The van der Waals surface area contributed by atoms with Crippen LogP contribution in [0.2, 0.25) is 0 Å². The van der Waals surface area contributed by atoms with Crippen molar-refractivity contribution >= 4 is 35.1 Å². The number of benzene rings is 1. The van der Waals surface area contributed by atoms with Crippen LogP contribution in [-0.2, 0) is 4.74 Å². The number of morpholine rings is 1. The van der Waals surface area contributed by atoms with Crippen LogP contribution < -0.4 is 25.8 Å². The van der Waals surface area contributed by atoms with Crippen LogP contribution in [0.25, 0.3) is 11.4 Å². The van der Waals surface area contributed by atoms with Gasteiger partial charge in [0.05, 0.1) is 24.1 Å². The summed E-state index contributed by atoms with van der Waals surface area (Å²) in [4.78, 5) is 38.2. The molecule has 5 heterocycles. The fraction of sp³-hybridized carbons (Fsp3) is 0.483. The average molecular weight is 559 g/mol. The molecule has 3 aromatic rings. The average Bonchev–Trinajstić information content (AvgIpc) is 3.30. The number of aromatic nitrogens is 4. The lowest BCUT2D eigenvalue weighted by molar-refractivity contribution is 0.0299. The van der Waals surface area contributed by atoms with Crippen molar-refractivity contribution < 1.29 is 9.53 Å². The quantitative estimate of drug-likeness (QED) is 0.397. The maximum atomic E-state index is 12.7. The summed E-state index contributed by atoms with van der Waals surface area (Å²) >= 11 is 0. The molecule has 2 amide bonds. The topological polar surface area (TPSA) is 124 Å². The zero-order valence-electron chi connectivity index (χ0n) is 23.9. The van der Waals surface area contributed by atoms with Gasteiger partial charge in [0, 0.05) is 56.6 Å². The fourth-order valence-corrected chi connectivity index (χ4v) is 5.41. The van der Waals surface area contributed by atoms with Crippen LogP contribution in [0, 0.1) is 0 Å². The number of pyridine rings is 1. The Kier molecular flexibility index (Phi) is 7.84. The van der Waals surface area contributed by atoms with Crippen LogP contribution in [0.3, 0.4) is 0 Å². The van der Waals surface area contributed by atoms with Crippen molar-refractivity contribution in [1.82, 2.24) is 24.8 Å². The lowest BCUT2D eigenvalue weighted by Crippen LogP contribution is -2.44. The Bertz CT molecular complexity index is 1330. The molecule has 0 spiro atoms. The van der Waals surface area contributed by atoms with Gasteiger partial charge < -0.3 is 35.4 Å². The van der Waals surface area contributed by atoms with Crippen molar-refractivity contribution in [2.24, 2.45) is 0 Å². The number of anilines is 5. The van der Waals surface area contributed by atoms with E-state index in [1.54, 1.807) is 6.20 Å². The van der Waals surface area contributed by atoms with Gasteiger partial charge in [-0.3, -0.25) is 0 Å². The number of carbonyl (C=O) groups is 1. The van der Waals surface area contributed by atoms with Gasteiger partial charge in [-0.25, -0.2) is 9.78 Å². The Morgan fingerprint density at radius 1 is 0.878 bits per heavy atom. The first-order valence-corrected chi connectivity index (χ1v) is 14.4.